The monoisotopic (exact) mass is 495 g/mol. The molecule has 0 aromatic heterocycles. The molecule has 1 heterocycles. The van der Waals surface area contributed by atoms with Crippen LogP contribution in [0.2, 0.25) is 0 Å². The number of hydrogen-bond acceptors (Lipinski definition) is 6. The highest BCUT2D eigenvalue weighted by atomic mass is 32.2. The molecule has 33 heavy (non-hydrogen) atoms. The van der Waals surface area contributed by atoms with E-state index < -0.39 is 21.2 Å². The number of sulfone groups is 1. The Morgan fingerprint density at radius 1 is 1.27 bits per heavy atom. The average Bonchev–Trinajstić information content (AvgIpc) is 2.84. The van der Waals surface area contributed by atoms with Crippen LogP contribution < -0.4 is 9.64 Å². The first-order valence-electron chi connectivity index (χ1n) is 10.9. The smallest absolute Gasteiger partial charge is 0.306 e. The second-order valence-corrected chi connectivity index (χ2v) is 11.5. The maximum absolute atomic E-state index is 13.6. The SMILES string of the molecule is CCCC[C@]1(C)CN(c2ccc(F)cc2)c2cc(SC)c(OCCC(=O)O)cc2S(=O)(=O)C1. The van der Waals surface area contributed by atoms with Gasteiger partial charge in [-0.25, -0.2) is 12.8 Å². The summed E-state index contributed by atoms with van der Waals surface area (Å²) >= 11 is 1.39. The summed E-state index contributed by atoms with van der Waals surface area (Å²) in [5.41, 5.74) is 0.729. The Balaban J connectivity index is 2.17. The summed E-state index contributed by atoms with van der Waals surface area (Å²) < 4.78 is 46.5. The van der Waals surface area contributed by atoms with Gasteiger partial charge in [-0.05, 0) is 48.4 Å². The molecule has 0 spiro atoms. The van der Waals surface area contributed by atoms with E-state index in [1.54, 1.807) is 18.2 Å². The number of carbonyl (C=O) groups is 1. The molecule has 0 unspecified atom stereocenters. The number of nitrogens with zero attached hydrogens (tertiary/aromatic N) is 1. The molecular formula is C24H30FNO5S2. The van der Waals surface area contributed by atoms with Crippen LogP contribution in [0, 0.1) is 11.2 Å². The number of rotatable bonds is 9. The number of ether oxygens (including phenoxy) is 1. The van der Waals surface area contributed by atoms with Crippen molar-refractivity contribution in [3.05, 3.63) is 42.2 Å². The highest BCUT2D eigenvalue weighted by Gasteiger charge is 2.40. The van der Waals surface area contributed by atoms with E-state index in [0.717, 1.165) is 19.3 Å². The Morgan fingerprint density at radius 2 is 1.97 bits per heavy atom. The minimum absolute atomic E-state index is 0.0160. The van der Waals surface area contributed by atoms with Crippen molar-refractivity contribution in [1.82, 2.24) is 0 Å². The maximum Gasteiger partial charge on any atom is 0.306 e. The van der Waals surface area contributed by atoms with Crippen molar-refractivity contribution in [3.8, 4) is 5.75 Å². The number of carboxylic acid groups (broad SMARTS) is 1. The van der Waals surface area contributed by atoms with Crippen molar-refractivity contribution in [3.63, 3.8) is 0 Å². The predicted molar refractivity (Wildman–Crippen MR) is 129 cm³/mol. The van der Waals surface area contributed by atoms with Gasteiger partial charge >= 0.3 is 5.97 Å². The van der Waals surface area contributed by atoms with E-state index in [2.05, 4.69) is 6.92 Å². The van der Waals surface area contributed by atoms with Crippen LogP contribution in [-0.2, 0) is 14.6 Å². The lowest BCUT2D eigenvalue weighted by Crippen LogP contribution is -2.35. The number of aliphatic carboxylic acids is 1. The Morgan fingerprint density at radius 3 is 2.58 bits per heavy atom. The largest absolute Gasteiger partial charge is 0.492 e. The fourth-order valence-corrected chi connectivity index (χ4v) is 6.80. The highest BCUT2D eigenvalue weighted by molar-refractivity contribution is 7.98. The molecular weight excluding hydrogens is 465 g/mol. The normalized spacial score (nSPS) is 19.6. The first kappa shape index (κ1) is 25.4. The van der Waals surface area contributed by atoms with Crippen LogP contribution >= 0.6 is 11.8 Å². The fourth-order valence-electron chi connectivity index (χ4n) is 4.17. The van der Waals surface area contributed by atoms with Crippen molar-refractivity contribution in [2.75, 3.05) is 30.1 Å². The Labute approximate surface area is 199 Å². The third-order valence-corrected chi connectivity index (χ3v) is 8.63. The molecule has 1 atom stereocenters. The van der Waals surface area contributed by atoms with E-state index in [4.69, 9.17) is 9.84 Å². The van der Waals surface area contributed by atoms with Gasteiger partial charge in [0.1, 0.15) is 11.6 Å². The van der Waals surface area contributed by atoms with Crippen molar-refractivity contribution >= 4 is 38.9 Å². The summed E-state index contributed by atoms with van der Waals surface area (Å²) in [5, 5.41) is 8.92. The summed E-state index contributed by atoms with van der Waals surface area (Å²) in [5.74, 6) is -1.01. The third-order valence-electron chi connectivity index (χ3n) is 5.80. The van der Waals surface area contributed by atoms with Crippen LogP contribution in [0.5, 0.6) is 5.75 Å². The van der Waals surface area contributed by atoms with Crippen molar-refractivity contribution in [2.45, 2.75) is 49.3 Å². The van der Waals surface area contributed by atoms with Crippen LogP contribution in [-0.4, -0.2) is 44.7 Å². The Hall–Kier alpha value is -2.26. The van der Waals surface area contributed by atoms with Crippen LogP contribution in [0.3, 0.4) is 0 Å². The molecule has 0 fully saturated rings. The van der Waals surface area contributed by atoms with E-state index in [1.807, 2.05) is 18.1 Å². The lowest BCUT2D eigenvalue weighted by atomic mass is 9.86. The quantitative estimate of drug-likeness (QED) is 0.458. The summed E-state index contributed by atoms with van der Waals surface area (Å²) in [7, 11) is -3.68. The zero-order valence-electron chi connectivity index (χ0n) is 19.1. The average molecular weight is 496 g/mol. The van der Waals surface area contributed by atoms with Gasteiger partial charge in [0.15, 0.2) is 9.84 Å². The Bertz CT molecular complexity index is 1100. The molecule has 2 aromatic rings. The maximum atomic E-state index is 13.6. The van der Waals surface area contributed by atoms with E-state index >= 15 is 0 Å². The van der Waals surface area contributed by atoms with Gasteiger partial charge in [0.2, 0.25) is 0 Å². The molecule has 1 aliphatic heterocycles. The summed E-state index contributed by atoms with van der Waals surface area (Å²) in [6.07, 6.45) is 4.27. The molecule has 0 amide bonds. The molecule has 0 saturated carbocycles. The molecule has 180 valence electrons. The predicted octanol–water partition coefficient (Wildman–Crippen LogP) is 5.52. The van der Waals surface area contributed by atoms with Gasteiger partial charge in [0.25, 0.3) is 0 Å². The zero-order chi connectivity index (χ0) is 24.2. The topological polar surface area (TPSA) is 83.9 Å². The number of anilines is 2. The van der Waals surface area contributed by atoms with Crippen molar-refractivity contribution in [2.24, 2.45) is 5.41 Å². The molecule has 0 radical (unpaired) electrons. The number of unbranched alkanes of at least 4 members (excludes halogenated alkanes) is 1. The fraction of sp³-hybridized carbons (Fsp3) is 0.458. The van der Waals surface area contributed by atoms with Crippen LogP contribution in [0.15, 0.2) is 46.2 Å². The molecule has 2 aromatic carbocycles. The van der Waals surface area contributed by atoms with Gasteiger partial charge in [-0.2, -0.15) is 0 Å². The number of hydrogen-bond donors (Lipinski definition) is 1. The van der Waals surface area contributed by atoms with Crippen LogP contribution in [0.25, 0.3) is 0 Å². The number of benzene rings is 2. The minimum Gasteiger partial charge on any atom is -0.492 e. The molecule has 1 N–H and O–H groups in total. The van der Waals surface area contributed by atoms with Crippen molar-refractivity contribution in [1.29, 1.82) is 0 Å². The number of fused-ring (bicyclic) bond motifs is 1. The van der Waals surface area contributed by atoms with Crippen LogP contribution in [0.4, 0.5) is 15.8 Å². The standard InChI is InChI=1S/C24H30FNO5S2/c1-4-5-11-24(2)15-26(18-8-6-17(25)7-9-18)19-13-21(32-3)20(31-12-10-23(27)28)14-22(19)33(29,30)16-24/h6-9,13-14H,4-5,10-12,15-16H2,1-3H3,(H,27,28)/t24-/m1/s1. The molecule has 6 nitrogen and oxygen atoms in total. The lowest BCUT2D eigenvalue weighted by Gasteiger charge is -2.34. The molecule has 3 rings (SSSR count). The number of thioether (sulfide) groups is 1. The lowest BCUT2D eigenvalue weighted by molar-refractivity contribution is -0.137. The third kappa shape index (κ3) is 6.00. The second kappa shape index (κ2) is 10.3. The van der Waals surface area contributed by atoms with Crippen molar-refractivity contribution < 1.29 is 27.4 Å². The van der Waals surface area contributed by atoms with Gasteiger partial charge in [-0.1, -0.05) is 26.7 Å². The summed E-state index contributed by atoms with van der Waals surface area (Å²) in [6, 6.07) is 9.36. The summed E-state index contributed by atoms with van der Waals surface area (Å²) in [6.45, 7) is 4.48. The first-order chi connectivity index (χ1) is 15.6. The summed E-state index contributed by atoms with van der Waals surface area (Å²) in [4.78, 5) is 13.7. The van der Waals surface area contributed by atoms with Crippen LogP contribution in [0.1, 0.15) is 39.5 Å². The highest BCUT2D eigenvalue weighted by Crippen LogP contribution is 2.46. The van der Waals surface area contributed by atoms with E-state index in [9.17, 15) is 17.6 Å². The molecule has 0 bridgehead atoms. The minimum atomic E-state index is -3.68. The molecule has 0 saturated heterocycles. The zero-order valence-corrected chi connectivity index (χ0v) is 20.8. The Kier molecular flexibility index (Phi) is 7.95. The van der Waals surface area contributed by atoms with E-state index in [0.29, 0.717) is 28.6 Å². The number of carboxylic acids is 1. The number of halogens is 1. The van der Waals surface area contributed by atoms with Gasteiger partial charge in [0.05, 0.1) is 34.3 Å². The van der Waals surface area contributed by atoms with E-state index in [1.165, 1.54) is 30.0 Å². The molecule has 0 aliphatic carbocycles. The van der Waals surface area contributed by atoms with Gasteiger partial charge in [0, 0.05) is 18.3 Å². The van der Waals surface area contributed by atoms with Gasteiger partial charge < -0.3 is 14.7 Å². The van der Waals surface area contributed by atoms with E-state index in [-0.39, 0.29) is 29.5 Å². The van der Waals surface area contributed by atoms with Gasteiger partial charge in [-0.3, -0.25) is 4.79 Å². The first-order valence-corrected chi connectivity index (χ1v) is 13.8. The molecule has 9 heteroatoms. The van der Waals surface area contributed by atoms with Gasteiger partial charge in [-0.15, -0.1) is 11.8 Å². The molecule has 1 aliphatic rings. The second-order valence-electron chi connectivity index (χ2n) is 8.70.